The van der Waals surface area contributed by atoms with Crippen molar-refractivity contribution in [2.45, 2.75) is 44.3 Å². The number of hydrogen-bond acceptors (Lipinski definition) is 2. The minimum Gasteiger partial charge on any atom is -0.399 e. The average Bonchev–Trinajstić information content (AvgIpc) is 3.66. The molecular formula is C43H33BO2. The second-order valence-corrected chi connectivity index (χ2v) is 14.3. The van der Waals surface area contributed by atoms with Crippen LogP contribution < -0.4 is 10.4 Å². The maximum Gasteiger partial charge on any atom is 0.495 e. The van der Waals surface area contributed by atoms with E-state index >= 15 is 0 Å². The van der Waals surface area contributed by atoms with Gasteiger partial charge in [0.15, 0.2) is 0 Å². The lowest BCUT2D eigenvalue weighted by Crippen LogP contribution is -2.41. The Kier molecular flexibility index (Phi) is 5.05. The molecule has 6 aromatic carbocycles. The number of hydrogen-bond donors (Lipinski definition) is 0. The van der Waals surface area contributed by atoms with Gasteiger partial charge < -0.3 is 9.31 Å². The van der Waals surface area contributed by atoms with Crippen molar-refractivity contribution in [3.8, 4) is 11.1 Å². The molecule has 6 aromatic rings. The Labute approximate surface area is 269 Å². The smallest absolute Gasteiger partial charge is 0.399 e. The molecule has 0 bridgehead atoms. The third-order valence-corrected chi connectivity index (χ3v) is 11.5. The summed E-state index contributed by atoms with van der Waals surface area (Å²) in [5, 5.41) is 10.3. The van der Waals surface area contributed by atoms with Crippen LogP contribution in [0.1, 0.15) is 38.8 Å². The van der Waals surface area contributed by atoms with Crippen molar-refractivity contribution in [1.29, 1.82) is 0 Å². The van der Waals surface area contributed by atoms with E-state index in [1.165, 1.54) is 76.2 Å². The van der Waals surface area contributed by atoms with Gasteiger partial charge >= 0.3 is 7.12 Å². The van der Waals surface area contributed by atoms with E-state index in [9.17, 15) is 0 Å². The topological polar surface area (TPSA) is 18.5 Å². The fraction of sp³-hybridized carbons (Fsp3) is 0.163. The molecule has 0 radical (unpaired) electrons. The van der Waals surface area contributed by atoms with Crippen LogP contribution in [-0.4, -0.2) is 18.3 Å². The van der Waals surface area contributed by atoms with Gasteiger partial charge in [0.05, 0.1) is 16.6 Å². The first kappa shape index (κ1) is 26.5. The van der Waals surface area contributed by atoms with Crippen LogP contribution in [0, 0.1) is 0 Å². The lowest BCUT2D eigenvalue weighted by molar-refractivity contribution is 0.00578. The van der Waals surface area contributed by atoms with Gasteiger partial charge in [0.2, 0.25) is 0 Å². The Balaban J connectivity index is 1.38. The Morgan fingerprint density at radius 1 is 0.543 bits per heavy atom. The standard InChI is InChI=1S/C43H33BO2/c1-41(2)42(3,4)46-44(45-41)39-21-22-43(37-19-11-9-17-31(37)32-18-10-12-20-38(32)43)40-33-25-35-30-16-8-6-14-28(30)27-13-5-7-15-29(27)34(35)23-26(33)24-36(39)40/h5-25H,1-4H3. The van der Waals surface area contributed by atoms with Gasteiger partial charge in [-0.2, -0.15) is 0 Å². The van der Waals surface area contributed by atoms with E-state index in [0.717, 1.165) is 5.47 Å². The van der Waals surface area contributed by atoms with Crippen LogP contribution in [0.15, 0.2) is 132 Å². The largest absolute Gasteiger partial charge is 0.495 e. The van der Waals surface area contributed by atoms with E-state index < -0.39 is 23.7 Å². The molecule has 0 aromatic heterocycles. The summed E-state index contributed by atoms with van der Waals surface area (Å²) in [5.74, 6) is 0. The summed E-state index contributed by atoms with van der Waals surface area (Å²) in [7, 11) is -0.461. The van der Waals surface area contributed by atoms with Gasteiger partial charge in [-0.05, 0) is 128 Å². The molecule has 1 saturated heterocycles. The zero-order valence-electron chi connectivity index (χ0n) is 26.5. The van der Waals surface area contributed by atoms with E-state index in [-0.39, 0.29) is 0 Å². The quantitative estimate of drug-likeness (QED) is 0.141. The van der Waals surface area contributed by atoms with E-state index in [1.807, 2.05) is 0 Å². The van der Waals surface area contributed by atoms with Gasteiger partial charge in [0.1, 0.15) is 0 Å². The second kappa shape index (κ2) is 8.76. The Morgan fingerprint density at radius 3 is 1.59 bits per heavy atom. The van der Waals surface area contributed by atoms with Gasteiger partial charge in [-0.25, -0.2) is 0 Å². The zero-order chi connectivity index (χ0) is 31.0. The Hall–Kier alpha value is -4.70. The molecule has 3 heteroatoms. The maximum atomic E-state index is 6.73. The first-order valence-electron chi connectivity index (χ1n) is 16.4. The molecule has 0 N–H and O–H groups in total. The summed E-state index contributed by atoms with van der Waals surface area (Å²) in [6.07, 6.45) is 7.14. The number of benzene rings is 6. The predicted molar refractivity (Wildman–Crippen MR) is 191 cm³/mol. The zero-order valence-corrected chi connectivity index (χ0v) is 26.5. The summed E-state index contributed by atoms with van der Waals surface area (Å²) < 4.78 is 13.5. The lowest BCUT2D eigenvalue weighted by atomic mass is 9.61. The minimum atomic E-state index is -0.461. The Morgan fingerprint density at radius 2 is 1.02 bits per heavy atom. The van der Waals surface area contributed by atoms with Crippen molar-refractivity contribution < 1.29 is 9.31 Å². The molecule has 0 unspecified atom stereocenters. The highest BCUT2D eigenvalue weighted by molar-refractivity contribution is 6.57. The SMILES string of the molecule is CC1(C)OB(C2=C3C=c4cc5c6ccccc6c6ccccc6c5cc4=C3C3(C=C2)c2ccccc2-c2ccccc23)OC1(C)C. The van der Waals surface area contributed by atoms with Crippen molar-refractivity contribution in [2.75, 3.05) is 0 Å². The van der Waals surface area contributed by atoms with Gasteiger partial charge in [-0.3, -0.25) is 0 Å². The molecular weight excluding hydrogens is 559 g/mol. The normalized spacial score (nSPS) is 19.6. The van der Waals surface area contributed by atoms with Gasteiger partial charge in [-0.15, -0.1) is 0 Å². The third kappa shape index (κ3) is 3.20. The van der Waals surface area contributed by atoms with Crippen molar-refractivity contribution in [1.82, 2.24) is 0 Å². The third-order valence-electron chi connectivity index (χ3n) is 11.5. The van der Waals surface area contributed by atoms with E-state index in [0.29, 0.717) is 0 Å². The predicted octanol–water partition coefficient (Wildman–Crippen LogP) is 8.56. The fourth-order valence-electron chi connectivity index (χ4n) is 8.61. The molecule has 1 fully saturated rings. The van der Waals surface area contributed by atoms with Crippen molar-refractivity contribution in [2.24, 2.45) is 0 Å². The second-order valence-electron chi connectivity index (χ2n) is 14.3. The molecule has 220 valence electrons. The number of rotatable bonds is 1. The molecule has 46 heavy (non-hydrogen) atoms. The lowest BCUT2D eigenvalue weighted by Gasteiger charge is -2.36. The van der Waals surface area contributed by atoms with Crippen LogP contribution in [0.4, 0.5) is 0 Å². The maximum absolute atomic E-state index is 6.73. The Bertz CT molecular complexity index is 2490. The average molecular weight is 593 g/mol. The monoisotopic (exact) mass is 592 g/mol. The molecule has 2 nitrogen and oxygen atoms in total. The fourth-order valence-corrected chi connectivity index (χ4v) is 8.61. The van der Waals surface area contributed by atoms with Gasteiger partial charge in [-0.1, -0.05) is 109 Å². The molecule has 10 rings (SSSR count). The molecule has 1 aliphatic heterocycles. The summed E-state index contributed by atoms with van der Waals surface area (Å²) in [6.45, 7) is 8.54. The van der Waals surface area contributed by atoms with Crippen LogP contribution in [0.2, 0.25) is 0 Å². The molecule has 1 heterocycles. The highest BCUT2D eigenvalue weighted by Gasteiger charge is 2.55. The van der Waals surface area contributed by atoms with Crippen molar-refractivity contribution in [3.05, 3.63) is 154 Å². The van der Waals surface area contributed by atoms with Crippen LogP contribution >= 0.6 is 0 Å². The minimum absolute atomic E-state index is 0.432. The van der Waals surface area contributed by atoms with Crippen LogP contribution in [0.3, 0.4) is 0 Å². The highest BCUT2D eigenvalue weighted by Crippen LogP contribution is 2.58. The molecule has 0 amide bonds. The summed E-state index contributed by atoms with van der Waals surface area (Å²) in [4.78, 5) is 0. The van der Waals surface area contributed by atoms with Gasteiger partial charge in [0, 0.05) is 0 Å². The summed E-state index contributed by atoms with van der Waals surface area (Å²) >= 11 is 0. The molecule has 0 atom stereocenters. The highest BCUT2D eigenvalue weighted by atomic mass is 16.7. The van der Waals surface area contributed by atoms with E-state index in [4.69, 9.17) is 9.31 Å². The van der Waals surface area contributed by atoms with Crippen LogP contribution in [0.5, 0.6) is 0 Å². The summed E-state index contributed by atoms with van der Waals surface area (Å²) in [5.41, 5.74) is 7.61. The summed E-state index contributed by atoms with van der Waals surface area (Å²) in [6, 6.07) is 40.5. The van der Waals surface area contributed by atoms with Crippen LogP contribution in [-0.2, 0) is 14.7 Å². The van der Waals surface area contributed by atoms with E-state index in [2.05, 4.69) is 155 Å². The van der Waals surface area contributed by atoms with Crippen molar-refractivity contribution in [3.63, 3.8) is 0 Å². The first-order chi connectivity index (χ1) is 22.3. The number of allylic oxidation sites excluding steroid dienone is 4. The molecule has 0 saturated carbocycles. The van der Waals surface area contributed by atoms with Crippen molar-refractivity contribution >= 4 is 51.1 Å². The van der Waals surface area contributed by atoms with Gasteiger partial charge in [0.25, 0.3) is 0 Å². The van der Waals surface area contributed by atoms with E-state index in [1.54, 1.807) is 0 Å². The molecule has 4 aliphatic rings. The first-order valence-corrected chi connectivity index (χ1v) is 16.4. The molecule has 3 aliphatic carbocycles. The molecule has 1 spiro atoms. The van der Waals surface area contributed by atoms with Crippen LogP contribution in [0.25, 0.3) is 55.1 Å². The number of fused-ring (bicyclic) bond motifs is 14.